The molecule has 0 saturated carbocycles. The van der Waals surface area contributed by atoms with E-state index in [0.717, 1.165) is 18.8 Å². The summed E-state index contributed by atoms with van der Waals surface area (Å²) in [4.78, 5) is 14.2. The standard InChI is InChI=1S/C14H23N3O2/c1-15-9-12-5-2-3-7-17(12)11-14(18)16-10-13-6-4-8-19-13/h4,6,8,12,15H,2-3,5,7,9-11H2,1H3,(H,16,18). The summed E-state index contributed by atoms with van der Waals surface area (Å²) in [6.07, 6.45) is 5.24. The molecule has 1 atom stereocenters. The number of nitrogens with one attached hydrogen (secondary N) is 2. The van der Waals surface area contributed by atoms with Gasteiger partial charge in [-0.25, -0.2) is 0 Å². The number of furan rings is 1. The molecular formula is C14H23N3O2. The van der Waals surface area contributed by atoms with Crippen molar-refractivity contribution in [2.45, 2.75) is 31.8 Å². The normalized spacial score (nSPS) is 20.4. The monoisotopic (exact) mass is 265 g/mol. The number of piperidine rings is 1. The number of amides is 1. The molecule has 5 nitrogen and oxygen atoms in total. The van der Waals surface area contributed by atoms with E-state index >= 15 is 0 Å². The maximum absolute atomic E-state index is 11.9. The van der Waals surface area contributed by atoms with Gasteiger partial charge >= 0.3 is 0 Å². The first-order valence-corrected chi connectivity index (χ1v) is 6.97. The van der Waals surface area contributed by atoms with Crippen LogP contribution < -0.4 is 10.6 Å². The molecule has 1 aromatic rings. The van der Waals surface area contributed by atoms with Crippen molar-refractivity contribution in [1.82, 2.24) is 15.5 Å². The lowest BCUT2D eigenvalue weighted by Gasteiger charge is -2.35. The van der Waals surface area contributed by atoms with Crippen molar-refractivity contribution in [3.8, 4) is 0 Å². The molecule has 19 heavy (non-hydrogen) atoms. The van der Waals surface area contributed by atoms with Crippen molar-refractivity contribution in [2.24, 2.45) is 0 Å². The second-order valence-corrected chi connectivity index (χ2v) is 5.03. The zero-order valence-corrected chi connectivity index (χ0v) is 11.5. The molecule has 1 saturated heterocycles. The van der Waals surface area contributed by atoms with Gasteiger partial charge in [-0.3, -0.25) is 9.69 Å². The molecule has 2 heterocycles. The minimum Gasteiger partial charge on any atom is -0.467 e. The number of nitrogens with zero attached hydrogens (tertiary/aromatic N) is 1. The van der Waals surface area contributed by atoms with Crippen molar-refractivity contribution in [3.63, 3.8) is 0 Å². The fourth-order valence-electron chi connectivity index (χ4n) is 2.57. The lowest BCUT2D eigenvalue weighted by Crippen LogP contribution is -2.48. The van der Waals surface area contributed by atoms with E-state index in [-0.39, 0.29) is 5.91 Å². The molecule has 1 aromatic heterocycles. The minimum atomic E-state index is 0.0689. The molecule has 106 valence electrons. The molecule has 0 aromatic carbocycles. The van der Waals surface area contributed by atoms with Crippen molar-refractivity contribution in [2.75, 3.05) is 26.7 Å². The smallest absolute Gasteiger partial charge is 0.234 e. The molecule has 0 radical (unpaired) electrons. The first-order valence-electron chi connectivity index (χ1n) is 6.97. The van der Waals surface area contributed by atoms with E-state index < -0.39 is 0 Å². The van der Waals surface area contributed by atoms with Gasteiger partial charge in [0.1, 0.15) is 5.76 Å². The second kappa shape index (κ2) is 7.31. The van der Waals surface area contributed by atoms with Crippen LogP contribution in [0.1, 0.15) is 25.0 Å². The summed E-state index contributed by atoms with van der Waals surface area (Å²) in [6, 6.07) is 4.17. The predicted molar refractivity (Wildman–Crippen MR) is 73.7 cm³/mol. The average molecular weight is 265 g/mol. The van der Waals surface area contributed by atoms with Crippen molar-refractivity contribution < 1.29 is 9.21 Å². The fourth-order valence-corrected chi connectivity index (χ4v) is 2.57. The number of carbonyl (C=O) groups excluding carboxylic acids is 1. The Bertz CT molecular complexity index is 376. The van der Waals surface area contributed by atoms with Gasteiger partial charge < -0.3 is 15.1 Å². The SMILES string of the molecule is CNCC1CCCCN1CC(=O)NCc1ccco1. The van der Waals surface area contributed by atoms with Crippen LogP contribution in [0.15, 0.2) is 22.8 Å². The average Bonchev–Trinajstić information content (AvgIpc) is 2.92. The molecule has 0 bridgehead atoms. The molecule has 1 aliphatic heterocycles. The van der Waals surface area contributed by atoms with Crippen molar-refractivity contribution >= 4 is 5.91 Å². The van der Waals surface area contributed by atoms with Gasteiger partial charge in [-0.2, -0.15) is 0 Å². The van der Waals surface area contributed by atoms with Gasteiger partial charge in [0.25, 0.3) is 0 Å². The maximum Gasteiger partial charge on any atom is 0.234 e. The summed E-state index contributed by atoms with van der Waals surface area (Å²) >= 11 is 0. The third-order valence-corrected chi connectivity index (χ3v) is 3.58. The molecule has 5 heteroatoms. The zero-order chi connectivity index (χ0) is 13.5. The molecule has 2 rings (SSSR count). The second-order valence-electron chi connectivity index (χ2n) is 5.03. The molecule has 1 aliphatic rings. The van der Waals surface area contributed by atoms with Crippen LogP contribution in [0.2, 0.25) is 0 Å². The van der Waals surface area contributed by atoms with E-state index in [0.29, 0.717) is 19.1 Å². The van der Waals surface area contributed by atoms with Crippen LogP contribution in [0.4, 0.5) is 0 Å². The summed E-state index contributed by atoms with van der Waals surface area (Å²) in [5.41, 5.74) is 0. The summed E-state index contributed by atoms with van der Waals surface area (Å²) in [5.74, 6) is 0.859. The lowest BCUT2D eigenvalue weighted by atomic mass is 10.0. The molecule has 1 amide bonds. The molecule has 0 spiro atoms. The van der Waals surface area contributed by atoms with Gasteiger partial charge in [-0.15, -0.1) is 0 Å². The Morgan fingerprint density at radius 3 is 3.16 bits per heavy atom. The highest BCUT2D eigenvalue weighted by Gasteiger charge is 2.23. The van der Waals surface area contributed by atoms with Crippen molar-refractivity contribution in [1.29, 1.82) is 0 Å². The lowest BCUT2D eigenvalue weighted by molar-refractivity contribution is -0.123. The van der Waals surface area contributed by atoms with E-state index in [1.54, 1.807) is 6.26 Å². The van der Waals surface area contributed by atoms with Crippen LogP contribution in [0.5, 0.6) is 0 Å². The maximum atomic E-state index is 11.9. The third-order valence-electron chi connectivity index (χ3n) is 3.58. The summed E-state index contributed by atoms with van der Waals surface area (Å²) < 4.78 is 5.20. The summed E-state index contributed by atoms with van der Waals surface area (Å²) in [7, 11) is 1.96. The molecule has 0 aliphatic carbocycles. The highest BCUT2D eigenvalue weighted by molar-refractivity contribution is 5.78. The summed E-state index contributed by atoms with van der Waals surface area (Å²) in [5, 5.41) is 6.11. The quantitative estimate of drug-likeness (QED) is 0.805. The topological polar surface area (TPSA) is 57.5 Å². The zero-order valence-electron chi connectivity index (χ0n) is 11.5. The Morgan fingerprint density at radius 1 is 1.53 bits per heavy atom. The molecule has 2 N–H and O–H groups in total. The predicted octanol–water partition coefficient (Wildman–Crippen LogP) is 0.970. The first kappa shape index (κ1) is 14.1. The number of likely N-dealkylation sites (N-methyl/N-ethyl adjacent to an activating group) is 1. The fraction of sp³-hybridized carbons (Fsp3) is 0.643. The van der Waals surface area contributed by atoms with Crippen LogP contribution in [0.25, 0.3) is 0 Å². The Labute approximate surface area is 114 Å². The van der Waals surface area contributed by atoms with Crippen LogP contribution in [0, 0.1) is 0 Å². The first-order chi connectivity index (χ1) is 9.29. The van der Waals surface area contributed by atoms with Crippen LogP contribution in [-0.2, 0) is 11.3 Å². The van der Waals surface area contributed by atoms with E-state index in [2.05, 4.69) is 15.5 Å². The molecule has 1 fully saturated rings. The Balaban J connectivity index is 1.76. The number of hydrogen-bond acceptors (Lipinski definition) is 4. The van der Waals surface area contributed by atoms with E-state index in [9.17, 15) is 4.79 Å². The van der Waals surface area contributed by atoms with Crippen LogP contribution in [0.3, 0.4) is 0 Å². The Kier molecular flexibility index (Phi) is 5.42. The number of likely N-dealkylation sites (tertiary alicyclic amines) is 1. The van der Waals surface area contributed by atoms with E-state index in [4.69, 9.17) is 4.42 Å². The Hall–Kier alpha value is -1.33. The van der Waals surface area contributed by atoms with Gasteiger partial charge in [-0.05, 0) is 38.6 Å². The van der Waals surface area contributed by atoms with Crippen LogP contribution in [-0.4, -0.2) is 43.5 Å². The van der Waals surface area contributed by atoms with Gasteiger partial charge in [0.15, 0.2) is 0 Å². The van der Waals surface area contributed by atoms with Crippen molar-refractivity contribution in [3.05, 3.63) is 24.2 Å². The molecular weight excluding hydrogens is 242 g/mol. The Morgan fingerprint density at radius 2 is 2.42 bits per heavy atom. The highest BCUT2D eigenvalue weighted by Crippen LogP contribution is 2.15. The van der Waals surface area contributed by atoms with E-state index in [1.165, 1.54) is 19.3 Å². The number of rotatable bonds is 6. The number of carbonyl (C=O) groups is 1. The van der Waals surface area contributed by atoms with Crippen LogP contribution >= 0.6 is 0 Å². The highest BCUT2D eigenvalue weighted by atomic mass is 16.3. The number of hydrogen-bond donors (Lipinski definition) is 2. The van der Waals surface area contributed by atoms with Gasteiger partial charge in [0.05, 0.1) is 19.4 Å². The minimum absolute atomic E-state index is 0.0689. The molecule has 1 unspecified atom stereocenters. The third kappa shape index (κ3) is 4.36. The summed E-state index contributed by atoms with van der Waals surface area (Å²) in [6.45, 7) is 2.91. The van der Waals surface area contributed by atoms with Gasteiger partial charge in [-0.1, -0.05) is 6.42 Å². The van der Waals surface area contributed by atoms with Gasteiger partial charge in [0, 0.05) is 12.6 Å². The van der Waals surface area contributed by atoms with E-state index in [1.807, 2.05) is 19.2 Å². The largest absolute Gasteiger partial charge is 0.467 e. The van der Waals surface area contributed by atoms with Gasteiger partial charge in [0.2, 0.25) is 5.91 Å².